The van der Waals surface area contributed by atoms with Crippen molar-refractivity contribution in [1.82, 2.24) is 4.98 Å². The van der Waals surface area contributed by atoms with Crippen molar-refractivity contribution in [3.63, 3.8) is 0 Å². The fourth-order valence-electron chi connectivity index (χ4n) is 1.96. The number of aromatic nitrogens is 1. The number of ether oxygens (including phenoxy) is 2. The van der Waals surface area contributed by atoms with Crippen molar-refractivity contribution in [2.45, 2.75) is 26.2 Å². The molecule has 0 spiro atoms. The molecule has 0 amide bonds. The number of benzene rings is 1. The number of nitrogens with zero attached hydrogens (tertiary/aromatic N) is 1. The highest BCUT2D eigenvalue weighted by atomic mass is 16.5. The molecule has 108 valence electrons. The van der Waals surface area contributed by atoms with E-state index in [2.05, 4.69) is 4.98 Å². The van der Waals surface area contributed by atoms with E-state index in [1.54, 1.807) is 19.2 Å². The summed E-state index contributed by atoms with van der Waals surface area (Å²) >= 11 is 0. The van der Waals surface area contributed by atoms with Gasteiger partial charge in [0, 0.05) is 17.9 Å². The first kappa shape index (κ1) is 14.5. The summed E-state index contributed by atoms with van der Waals surface area (Å²) in [6.07, 6.45) is 0. The lowest BCUT2D eigenvalue weighted by Gasteiger charge is -2.19. The number of rotatable bonds is 4. The van der Waals surface area contributed by atoms with Crippen LogP contribution < -0.4 is 10.5 Å². The standard InChI is InChI=1S/C15H19NO4/c1-15(2,3)13-11-9-10(19-8-7-18-4)5-6-12(11)20-14(17)16-13/h5-6,9H,7-8H2,1-4H3. The molecular formula is C15H19NO4. The van der Waals surface area contributed by atoms with Gasteiger partial charge in [-0.3, -0.25) is 0 Å². The zero-order valence-corrected chi connectivity index (χ0v) is 12.2. The number of hydrogen-bond donors (Lipinski definition) is 0. The Bertz CT molecular complexity index is 655. The molecule has 2 rings (SSSR count). The summed E-state index contributed by atoms with van der Waals surface area (Å²) in [5.74, 6) is 0.131. The average molecular weight is 277 g/mol. The van der Waals surface area contributed by atoms with E-state index in [0.717, 1.165) is 5.39 Å². The highest BCUT2D eigenvalue weighted by Crippen LogP contribution is 2.29. The molecular weight excluding hydrogens is 258 g/mol. The smallest absolute Gasteiger partial charge is 0.439 e. The van der Waals surface area contributed by atoms with Crippen molar-refractivity contribution in [2.75, 3.05) is 20.3 Å². The summed E-state index contributed by atoms with van der Waals surface area (Å²) in [6.45, 7) is 7.01. The van der Waals surface area contributed by atoms with Crippen molar-refractivity contribution in [1.29, 1.82) is 0 Å². The Morgan fingerprint density at radius 1 is 1.25 bits per heavy atom. The van der Waals surface area contributed by atoms with Crippen molar-refractivity contribution in [3.8, 4) is 5.75 Å². The first-order valence-corrected chi connectivity index (χ1v) is 6.49. The van der Waals surface area contributed by atoms with Crippen LogP contribution in [0, 0.1) is 0 Å². The van der Waals surface area contributed by atoms with Crippen molar-refractivity contribution in [3.05, 3.63) is 34.4 Å². The molecule has 0 fully saturated rings. The third-order valence-corrected chi connectivity index (χ3v) is 2.87. The van der Waals surface area contributed by atoms with Crippen LogP contribution in [0.5, 0.6) is 5.75 Å². The van der Waals surface area contributed by atoms with Gasteiger partial charge in [-0.2, -0.15) is 4.98 Å². The first-order chi connectivity index (χ1) is 9.41. The zero-order valence-electron chi connectivity index (χ0n) is 12.2. The maximum atomic E-state index is 11.5. The van der Waals surface area contributed by atoms with E-state index in [4.69, 9.17) is 13.9 Å². The van der Waals surface area contributed by atoms with Gasteiger partial charge in [-0.15, -0.1) is 0 Å². The quantitative estimate of drug-likeness (QED) is 0.804. The molecule has 0 unspecified atom stereocenters. The Kier molecular flexibility index (Phi) is 4.09. The lowest BCUT2D eigenvalue weighted by Crippen LogP contribution is -2.19. The highest BCUT2D eigenvalue weighted by molar-refractivity contribution is 5.81. The molecule has 0 saturated heterocycles. The molecule has 20 heavy (non-hydrogen) atoms. The lowest BCUT2D eigenvalue weighted by molar-refractivity contribution is 0.146. The molecule has 0 bridgehead atoms. The van der Waals surface area contributed by atoms with Crippen LogP contribution in [0.3, 0.4) is 0 Å². The van der Waals surface area contributed by atoms with Gasteiger partial charge in [0.2, 0.25) is 0 Å². The normalized spacial score (nSPS) is 11.8. The predicted octanol–water partition coefficient (Wildman–Crippen LogP) is 2.51. The van der Waals surface area contributed by atoms with Crippen LogP contribution in [0.25, 0.3) is 11.0 Å². The van der Waals surface area contributed by atoms with E-state index in [0.29, 0.717) is 30.2 Å². The Hall–Kier alpha value is -1.88. The lowest BCUT2D eigenvalue weighted by atomic mass is 9.89. The minimum Gasteiger partial charge on any atom is -0.491 e. The van der Waals surface area contributed by atoms with Gasteiger partial charge in [0.25, 0.3) is 0 Å². The molecule has 5 heteroatoms. The minimum atomic E-state index is -0.574. The van der Waals surface area contributed by atoms with Crippen LogP contribution in [0.1, 0.15) is 26.5 Å². The van der Waals surface area contributed by atoms with Gasteiger partial charge >= 0.3 is 5.76 Å². The summed E-state index contributed by atoms with van der Waals surface area (Å²) in [7, 11) is 1.63. The number of fused-ring (bicyclic) bond motifs is 1. The maximum Gasteiger partial charge on any atom is 0.439 e. The monoisotopic (exact) mass is 277 g/mol. The van der Waals surface area contributed by atoms with E-state index in [1.807, 2.05) is 26.8 Å². The van der Waals surface area contributed by atoms with E-state index in [1.165, 1.54) is 0 Å². The Morgan fingerprint density at radius 3 is 2.65 bits per heavy atom. The van der Waals surface area contributed by atoms with Crippen LogP contribution in [-0.4, -0.2) is 25.3 Å². The zero-order chi connectivity index (χ0) is 14.8. The molecule has 1 aromatic heterocycles. The highest BCUT2D eigenvalue weighted by Gasteiger charge is 2.21. The van der Waals surface area contributed by atoms with Gasteiger partial charge in [-0.1, -0.05) is 20.8 Å². The van der Waals surface area contributed by atoms with E-state index in [9.17, 15) is 4.79 Å². The summed E-state index contributed by atoms with van der Waals surface area (Å²) in [5.41, 5.74) is 0.981. The van der Waals surface area contributed by atoms with Gasteiger partial charge in [0.15, 0.2) is 0 Å². The number of hydrogen-bond acceptors (Lipinski definition) is 5. The topological polar surface area (TPSA) is 61.6 Å². The summed E-state index contributed by atoms with van der Waals surface area (Å²) in [4.78, 5) is 15.5. The summed E-state index contributed by atoms with van der Waals surface area (Å²) in [6, 6.07) is 5.35. The van der Waals surface area contributed by atoms with Crippen LogP contribution >= 0.6 is 0 Å². The second-order valence-electron chi connectivity index (χ2n) is 5.58. The Labute approximate surface area is 117 Å². The van der Waals surface area contributed by atoms with Gasteiger partial charge in [0.05, 0.1) is 12.3 Å². The molecule has 0 radical (unpaired) electrons. The molecule has 2 aromatic rings. The van der Waals surface area contributed by atoms with Crippen LogP contribution in [0.15, 0.2) is 27.4 Å². The first-order valence-electron chi connectivity index (χ1n) is 6.49. The third-order valence-electron chi connectivity index (χ3n) is 2.87. The van der Waals surface area contributed by atoms with Crippen LogP contribution in [0.2, 0.25) is 0 Å². The van der Waals surface area contributed by atoms with Crippen molar-refractivity contribution < 1.29 is 13.9 Å². The van der Waals surface area contributed by atoms with Crippen LogP contribution in [-0.2, 0) is 10.2 Å². The SMILES string of the molecule is COCCOc1ccc2oc(=O)nc(C(C)(C)C)c2c1. The predicted molar refractivity (Wildman–Crippen MR) is 76.4 cm³/mol. The fourth-order valence-corrected chi connectivity index (χ4v) is 1.96. The second kappa shape index (κ2) is 5.63. The number of methoxy groups -OCH3 is 1. The van der Waals surface area contributed by atoms with E-state index in [-0.39, 0.29) is 5.41 Å². The maximum absolute atomic E-state index is 11.5. The van der Waals surface area contributed by atoms with Crippen molar-refractivity contribution in [2.24, 2.45) is 0 Å². The molecule has 5 nitrogen and oxygen atoms in total. The Balaban J connectivity index is 2.49. The molecule has 0 aliphatic carbocycles. The fraction of sp³-hybridized carbons (Fsp3) is 0.467. The second-order valence-corrected chi connectivity index (χ2v) is 5.58. The molecule has 1 heterocycles. The van der Waals surface area contributed by atoms with Gasteiger partial charge < -0.3 is 13.9 Å². The van der Waals surface area contributed by atoms with Crippen molar-refractivity contribution >= 4 is 11.0 Å². The molecule has 0 N–H and O–H groups in total. The van der Waals surface area contributed by atoms with E-state index >= 15 is 0 Å². The molecule has 0 saturated carbocycles. The molecule has 1 aromatic carbocycles. The van der Waals surface area contributed by atoms with Crippen LogP contribution in [0.4, 0.5) is 0 Å². The van der Waals surface area contributed by atoms with E-state index < -0.39 is 5.76 Å². The summed E-state index contributed by atoms with van der Waals surface area (Å²) in [5, 5.41) is 0.798. The van der Waals surface area contributed by atoms with Gasteiger partial charge in [-0.05, 0) is 18.2 Å². The Morgan fingerprint density at radius 2 is 2.00 bits per heavy atom. The third kappa shape index (κ3) is 3.17. The molecule has 0 aliphatic heterocycles. The summed E-state index contributed by atoms with van der Waals surface area (Å²) < 4.78 is 15.7. The molecule has 0 aliphatic rings. The van der Waals surface area contributed by atoms with Gasteiger partial charge in [-0.25, -0.2) is 4.79 Å². The van der Waals surface area contributed by atoms with Gasteiger partial charge in [0.1, 0.15) is 17.9 Å². The molecule has 0 atom stereocenters. The minimum absolute atomic E-state index is 0.251. The average Bonchev–Trinajstić information content (AvgIpc) is 2.37. The largest absolute Gasteiger partial charge is 0.491 e.